The maximum atomic E-state index is 6.01. The van der Waals surface area contributed by atoms with Gasteiger partial charge in [-0.1, -0.05) is 47.5 Å². The van der Waals surface area contributed by atoms with Gasteiger partial charge in [0, 0.05) is 22.5 Å². The minimum absolute atomic E-state index is 0.722. The number of benzene rings is 2. The van der Waals surface area contributed by atoms with E-state index < -0.39 is 0 Å². The van der Waals surface area contributed by atoms with Crippen LogP contribution in [0.4, 0.5) is 0 Å². The Morgan fingerprint density at radius 1 is 1.12 bits per heavy atom. The van der Waals surface area contributed by atoms with Crippen molar-refractivity contribution in [3.05, 3.63) is 74.4 Å². The number of hydrogen-bond acceptors (Lipinski definition) is 3. The average Bonchev–Trinajstić information content (AvgIpc) is 2.98. The molecule has 3 aromatic rings. The van der Waals surface area contributed by atoms with Crippen LogP contribution in [0.2, 0.25) is 5.02 Å². The largest absolute Gasteiger partial charge is 0.258 e. The van der Waals surface area contributed by atoms with Crippen LogP contribution in [-0.2, 0) is 0 Å². The van der Waals surface area contributed by atoms with E-state index in [1.165, 1.54) is 11.1 Å². The molecule has 0 fully saturated rings. The number of aromatic nitrogens is 1. The fourth-order valence-electron chi connectivity index (χ4n) is 2.56. The Kier molecular flexibility index (Phi) is 5.51. The third-order valence-electron chi connectivity index (χ3n) is 3.86. The molecular weight excluding hydrogens is 350 g/mol. The lowest BCUT2D eigenvalue weighted by molar-refractivity contribution is 0.833. The Labute approximate surface area is 157 Å². The first-order chi connectivity index (χ1) is 12.1. The highest BCUT2D eigenvalue weighted by Crippen LogP contribution is 2.22. The molecule has 2 aromatic carbocycles. The summed E-state index contributed by atoms with van der Waals surface area (Å²) in [4.78, 5) is 5.44. The van der Waals surface area contributed by atoms with Gasteiger partial charge in [-0.05, 0) is 44.0 Å². The van der Waals surface area contributed by atoms with Crippen LogP contribution in [0.1, 0.15) is 23.6 Å². The van der Waals surface area contributed by atoms with Gasteiger partial charge in [-0.2, -0.15) is 5.10 Å². The van der Waals surface area contributed by atoms with Crippen LogP contribution in [-0.4, -0.2) is 17.4 Å². The lowest BCUT2D eigenvalue weighted by Gasteiger charge is -2.05. The third kappa shape index (κ3) is 4.09. The Hall–Kier alpha value is -2.17. The topological polar surface area (TPSA) is 29.6 Å². The first kappa shape index (κ1) is 17.6. The lowest BCUT2D eigenvalue weighted by Crippen LogP contribution is -2.12. The maximum absolute atomic E-state index is 6.01. The number of hydrogen-bond donors (Lipinski definition) is 0. The van der Waals surface area contributed by atoms with E-state index in [0.29, 0.717) is 0 Å². The molecule has 5 heteroatoms. The Morgan fingerprint density at radius 3 is 2.56 bits per heavy atom. The Morgan fingerprint density at radius 2 is 1.88 bits per heavy atom. The van der Waals surface area contributed by atoms with Crippen LogP contribution in [0, 0.1) is 13.8 Å². The van der Waals surface area contributed by atoms with Crippen LogP contribution >= 0.6 is 22.9 Å². The highest BCUT2D eigenvalue weighted by molar-refractivity contribution is 7.07. The summed E-state index contributed by atoms with van der Waals surface area (Å²) in [5, 5.41) is 7.52. The molecule has 0 aliphatic carbocycles. The maximum Gasteiger partial charge on any atom is 0.206 e. The molecule has 3 rings (SSSR count). The average molecular weight is 370 g/mol. The molecule has 0 N–H and O–H groups in total. The zero-order valence-corrected chi connectivity index (χ0v) is 16.1. The van der Waals surface area contributed by atoms with E-state index >= 15 is 0 Å². The van der Waals surface area contributed by atoms with Gasteiger partial charge in [0.25, 0.3) is 0 Å². The molecule has 0 aliphatic heterocycles. The van der Waals surface area contributed by atoms with Crippen LogP contribution in [0.3, 0.4) is 0 Å². The molecule has 0 saturated carbocycles. The van der Waals surface area contributed by atoms with Crippen molar-refractivity contribution < 1.29 is 0 Å². The van der Waals surface area contributed by atoms with E-state index in [4.69, 9.17) is 16.7 Å². The first-order valence-corrected chi connectivity index (χ1v) is 9.43. The summed E-state index contributed by atoms with van der Waals surface area (Å²) in [6.45, 7) is 6.95. The predicted molar refractivity (Wildman–Crippen MR) is 108 cm³/mol. The third-order valence-corrected chi connectivity index (χ3v) is 4.96. The molecule has 0 spiro atoms. The summed E-state index contributed by atoms with van der Waals surface area (Å²) < 4.78 is 1.90. The van der Waals surface area contributed by atoms with Crippen LogP contribution in [0.25, 0.3) is 11.3 Å². The van der Waals surface area contributed by atoms with E-state index in [0.717, 1.165) is 33.2 Å². The molecule has 0 radical (unpaired) electrons. The second-order valence-corrected chi connectivity index (χ2v) is 7.07. The minimum Gasteiger partial charge on any atom is -0.258 e. The molecule has 0 bridgehead atoms. The molecule has 1 heterocycles. The second-order valence-electron chi connectivity index (χ2n) is 5.80. The second kappa shape index (κ2) is 7.81. The molecular formula is C20H20ClN3S. The van der Waals surface area contributed by atoms with Gasteiger partial charge < -0.3 is 0 Å². The van der Waals surface area contributed by atoms with Crippen LogP contribution < -0.4 is 4.80 Å². The van der Waals surface area contributed by atoms with Gasteiger partial charge in [0.2, 0.25) is 4.80 Å². The zero-order valence-electron chi connectivity index (χ0n) is 14.5. The van der Waals surface area contributed by atoms with Crippen molar-refractivity contribution in [3.63, 3.8) is 0 Å². The molecule has 0 amide bonds. The molecule has 25 heavy (non-hydrogen) atoms. The zero-order chi connectivity index (χ0) is 17.8. The Bertz CT molecular complexity index is 965. The number of aryl methyl sites for hydroxylation is 2. The summed E-state index contributed by atoms with van der Waals surface area (Å²) in [5.74, 6) is 0. The van der Waals surface area contributed by atoms with E-state index in [1.54, 1.807) is 11.3 Å². The summed E-state index contributed by atoms with van der Waals surface area (Å²) >= 11 is 7.60. The predicted octanol–water partition coefficient (Wildman–Crippen LogP) is 5.29. The monoisotopic (exact) mass is 369 g/mol. The number of thiazole rings is 1. The van der Waals surface area contributed by atoms with Crippen molar-refractivity contribution in [3.8, 4) is 11.3 Å². The summed E-state index contributed by atoms with van der Waals surface area (Å²) in [6, 6.07) is 14.2. The van der Waals surface area contributed by atoms with E-state index in [1.807, 2.05) is 42.1 Å². The normalized spacial score (nSPS) is 12.2. The van der Waals surface area contributed by atoms with Crippen LogP contribution in [0.5, 0.6) is 0 Å². The van der Waals surface area contributed by atoms with Crippen molar-refractivity contribution in [2.45, 2.75) is 20.8 Å². The van der Waals surface area contributed by atoms with Gasteiger partial charge in [-0.15, -0.1) is 11.3 Å². The number of rotatable bonds is 4. The van der Waals surface area contributed by atoms with Crippen molar-refractivity contribution >= 4 is 29.2 Å². The van der Waals surface area contributed by atoms with Gasteiger partial charge in [0.15, 0.2) is 0 Å². The van der Waals surface area contributed by atoms with Crippen molar-refractivity contribution in [1.29, 1.82) is 0 Å². The van der Waals surface area contributed by atoms with Crippen molar-refractivity contribution in [2.24, 2.45) is 10.1 Å². The summed E-state index contributed by atoms with van der Waals surface area (Å²) in [6.07, 6.45) is 1.90. The molecule has 0 aliphatic rings. The van der Waals surface area contributed by atoms with E-state index in [-0.39, 0.29) is 0 Å². The van der Waals surface area contributed by atoms with Gasteiger partial charge >= 0.3 is 0 Å². The smallest absolute Gasteiger partial charge is 0.206 e. The lowest BCUT2D eigenvalue weighted by atomic mass is 10.1. The molecule has 1 aromatic heterocycles. The summed E-state index contributed by atoms with van der Waals surface area (Å²) in [5.41, 5.74) is 5.64. The fourth-order valence-corrected chi connectivity index (χ4v) is 3.59. The van der Waals surface area contributed by atoms with Gasteiger partial charge in [0.05, 0.1) is 11.9 Å². The molecule has 0 saturated heterocycles. The Balaban J connectivity index is 2.07. The first-order valence-electron chi connectivity index (χ1n) is 8.17. The minimum atomic E-state index is 0.722. The quantitative estimate of drug-likeness (QED) is 0.559. The van der Waals surface area contributed by atoms with Gasteiger partial charge in [-0.3, -0.25) is 4.99 Å². The molecule has 3 nitrogen and oxygen atoms in total. The highest BCUT2D eigenvalue weighted by Gasteiger charge is 2.07. The van der Waals surface area contributed by atoms with Crippen molar-refractivity contribution in [1.82, 2.24) is 4.68 Å². The number of nitrogens with zero attached hydrogens (tertiary/aromatic N) is 3. The van der Waals surface area contributed by atoms with E-state index in [2.05, 4.69) is 42.4 Å². The summed E-state index contributed by atoms with van der Waals surface area (Å²) in [7, 11) is 0. The van der Waals surface area contributed by atoms with E-state index in [9.17, 15) is 0 Å². The van der Waals surface area contributed by atoms with Crippen molar-refractivity contribution in [2.75, 3.05) is 6.54 Å². The molecule has 0 unspecified atom stereocenters. The molecule has 0 atom stereocenters. The SMILES string of the molecule is CCN=c1scc(-c2ccc(Cl)cc2)n1N=Cc1ccc(C)cc1C. The van der Waals surface area contributed by atoms with Crippen LogP contribution in [0.15, 0.2) is 57.9 Å². The highest BCUT2D eigenvalue weighted by atomic mass is 35.5. The van der Waals surface area contributed by atoms with Gasteiger partial charge in [-0.25, -0.2) is 4.68 Å². The number of halogens is 1. The standard InChI is InChI=1S/C20H20ClN3S/c1-4-22-20-24(23-12-17-6-5-14(2)11-15(17)3)19(13-25-20)16-7-9-18(21)10-8-16/h5-13H,4H2,1-3H3. The molecule has 128 valence electrons. The fraction of sp³-hybridized carbons (Fsp3) is 0.200. The van der Waals surface area contributed by atoms with Gasteiger partial charge in [0.1, 0.15) is 0 Å².